The van der Waals surface area contributed by atoms with E-state index < -0.39 is 11.6 Å². The van der Waals surface area contributed by atoms with Crippen LogP contribution in [-0.4, -0.2) is 23.3 Å². The fourth-order valence-corrected chi connectivity index (χ4v) is 3.60. The second kappa shape index (κ2) is 11.4. The highest BCUT2D eigenvalue weighted by molar-refractivity contribution is 5.97. The summed E-state index contributed by atoms with van der Waals surface area (Å²) in [6.45, 7) is 7.21. The van der Waals surface area contributed by atoms with Gasteiger partial charge in [0.2, 0.25) is 0 Å². The van der Waals surface area contributed by atoms with Gasteiger partial charge in [-0.1, -0.05) is 62.3 Å². The molecule has 0 saturated carbocycles. The third kappa shape index (κ3) is 6.28. The van der Waals surface area contributed by atoms with Gasteiger partial charge in [0.25, 0.3) is 5.91 Å². The first kappa shape index (κ1) is 24.2. The highest BCUT2D eigenvalue weighted by Gasteiger charge is 2.22. The summed E-state index contributed by atoms with van der Waals surface area (Å²) in [6.07, 6.45) is 2.47. The number of aromatic nitrogens is 1. The van der Waals surface area contributed by atoms with Crippen molar-refractivity contribution in [2.75, 3.05) is 6.61 Å². The molecule has 3 aromatic rings. The Morgan fingerprint density at radius 3 is 2.52 bits per heavy atom. The monoisotopic (exact) mass is 453 g/mol. The highest BCUT2D eigenvalue weighted by atomic mass is 19.2. The second-order valence-corrected chi connectivity index (χ2v) is 8.09. The maximum atomic E-state index is 13.5. The Hall–Kier alpha value is -3.48. The lowest BCUT2D eigenvalue weighted by Gasteiger charge is -2.16. The molecule has 0 unspecified atom stereocenters. The molecule has 33 heavy (non-hydrogen) atoms. The highest BCUT2D eigenvalue weighted by Crippen LogP contribution is 2.25. The lowest BCUT2D eigenvalue weighted by atomic mass is 10.0. The number of amides is 1. The molecule has 0 aliphatic rings. The van der Waals surface area contributed by atoms with E-state index in [1.54, 1.807) is 12.3 Å². The molecule has 0 fully saturated rings. The lowest BCUT2D eigenvalue weighted by Crippen LogP contribution is -2.24. The summed E-state index contributed by atoms with van der Waals surface area (Å²) >= 11 is 0. The fraction of sp³-hybridized carbons (Fsp3) is 0.308. The molecule has 0 aliphatic heterocycles. The Labute approximate surface area is 193 Å². The summed E-state index contributed by atoms with van der Waals surface area (Å²) in [5, 5.41) is 6.88. The zero-order valence-corrected chi connectivity index (χ0v) is 19.1. The van der Waals surface area contributed by atoms with Crippen LogP contribution in [0.25, 0.3) is 0 Å². The van der Waals surface area contributed by atoms with E-state index in [0.717, 1.165) is 35.5 Å². The molecule has 0 aliphatic carbocycles. The fourth-order valence-electron chi connectivity index (χ4n) is 3.60. The summed E-state index contributed by atoms with van der Waals surface area (Å²) in [5.74, 6) is -2.10. The largest absolute Gasteiger partial charge is 0.396 e. The van der Waals surface area contributed by atoms with Crippen molar-refractivity contribution in [2.45, 2.75) is 46.2 Å². The summed E-state index contributed by atoms with van der Waals surface area (Å²) in [5.41, 5.74) is 3.69. The topological polar surface area (TPSA) is 55.6 Å². The van der Waals surface area contributed by atoms with Gasteiger partial charge in [0.15, 0.2) is 11.6 Å². The zero-order chi connectivity index (χ0) is 23.8. The molecule has 0 atom stereocenters. The summed E-state index contributed by atoms with van der Waals surface area (Å²) in [4.78, 5) is 18.4. The van der Waals surface area contributed by atoms with Crippen LogP contribution in [0.1, 0.15) is 66.0 Å². The van der Waals surface area contributed by atoms with Crippen molar-refractivity contribution in [3.63, 3.8) is 0 Å². The standard InChI is InChI=1S/C26H29F2N3O2/c1-4-12-33-30-16-21-14-22(26(32)29-15-20-10-11-23(27)24(28)13-20)25(18(2)3)31(21)17-19-8-6-5-7-9-19/h5-11,13-14,16,18H,4,12,15,17H2,1-3H3,(H,29,32)/b30-16+. The van der Waals surface area contributed by atoms with Gasteiger partial charge in [-0.3, -0.25) is 4.79 Å². The van der Waals surface area contributed by atoms with Crippen molar-refractivity contribution < 1.29 is 18.4 Å². The Bertz CT molecular complexity index is 1110. The average Bonchev–Trinajstić information content (AvgIpc) is 3.16. The van der Waals surface area contributed by atoms with Crippen LogP contribution in [0.15, 0.2) is 59.8 Å². The average molecular weight is 454 g/mol. The van der Waals surface area contributed by atoms with Crippen LogP contribution in [0.3, 0.4) is 0 Å². The predicted octanol–water partition coefficient (Wildman–Crippen LogP) is 5.63. The number of carbonyl (C=O) groups is 1. The van der Waals surface area contributed by atoms with Crippen molar-refractivity contribution in [3.05, 3.63) is 94.3 Å². The van der Waals surface area contributed by atoms with Crippen molar-refractivity contribution in [1.82, 2.24) is 9.88 Å². The van der Waals surface area contributed by atoms with E-state index in [1.165, 1.54) is 6.07 Å². The van der Waals surface area contributed by atoms with E-state index in [9.17, 15) is 13.6 Å². The Kier molecular flexibility index (Phi) is 8.35. The molecule has 0 bridgehead atoms. The van der Waals surface area contributed by atoms with E-state index in [-0.39, 0.29) is 18.4 Å². The van der Waals surface area contributed by atoms with Gasteiger partial charge < -0.3 is 14.7 Å². The number of benzene rings is 2. The van der Waals surface area contributed by atoms with Crippen molar-refractivity contribution in [2.24, 2.45) is 5.16 Å². The second-order valence-electron chi connectivity index (χ2n) is 8.09. The van der Waals surface area contributed by atoms with Gasteiger partial charge in [-0.25, -0.2) is 8.78 Å². The van der Waals surface area contributed by atoms with E-state index in [4.69, 9.17) is 4.84 Å². The van der Waals surface area contributed by atoms with Gasteiger partial charge in [-0.05, 0) is 41.7 Å². The molecule has 1 N–H and O–H groups in total. The number of nitrogens with zero attached hydrogens (tertiary/aromatic N) is 2. The maximum Gasteiger partial charge on any atom is 0.253 e. The molecule has 1 aromatic heterocycles. The van der Waals surface area contributed by atoms with E-state index in [2.05, 4.69) is 15.0 Å². The van der Waals surface area contributed by atoms with Gasteiger partial charge in [-0.2, -0.15) is 0 Å². The normalized spacial score (nSPS) is 11.3. The first-order valence-electron chi connectivity index (χ1n) is 11.1. The zero-order valence-electron chi connectivity index (χ0n) is 19.1. The van der Waals surface area contributed by atoms with Gasteiger partial charge in [0.1, 0.15) is 6.61 Å². The molecule has 1 amide bonds. The number of hydrogen-bond donors (Lipinski definition) is 1. The molecule has 0 saturated heterocycles. The Morgan fingerprint density at radius 1 is 1.09 bits per heavy atom. The van der Waals surface area contributed by atoms with Crippen LogP contribution < -0.4 is 5.32 Å². The predicted molar refractivity (Wildman–Crippen MR) is 125 cm³/mol. The molecule has 2 aromatic carbocycles. The quantitative estimate of drug-likeness (QED) is 0.246. The summed E-state index contributed by atoms with van der Waals surface area (Å²) in [6, 6.07) is 15.3. The number of hydrogen-bond acceptors (Lipinski definition) is 3. The first-order chi connectivity index (χ1) is 15.9. The molecule has 174 valence electrons. The number of carbonyl (C=O) groups excluding carboxylic acids is 1. The number of oxime groups is 1. The minimum Gasteiger partial charge on any atom is -0.396 e. The molecule has 1 heterocycles. The Balaban J connectivity index is 1.92. The maximum absolute atomic E-state index is 13.5. The number of rotatable bonds is 10. The summed E-state index contributed by atoms with van der Waals surface area (Å²) < 4.78 is 28.8. The molecule has 7 heteroatoms. The van der Waals surface area contributed by atoms with Crippen molar-refractivity contribution in [3.8, 4) is 0 Å². The van der Waals surface area contributed by atoms with Crippen LogP contribution >= 0.6 is 0 Å². The van der Waals surface area contributed by atoms with Gasteiger partial charge in [-0.15, -0.1) is 0 Å². The molecule has 0 spiro atoms. The van der Waals surface area contributed by atoms with Crippen molar-refractivity contribution in [1.29, 1.82) is 0 Å². The summed E-state index contributed by atoms with van der Waals surface area (Å²) in [7, 11) is 0. The third-order valence-electron chi connectivity index (χ3n) is 5.14. The molecule has 3 rings (SSSR count). The SMILES string of the molecule is CCCO/N=C/c1cc(C(=O)NCc2ccc(F)c(F)c2)c(C(C)C)n1Cc1ccccc1. The third-order valence-corrected chi connectivity index (χ3v) is 5.14. The number of nitrogens with one attached hydrogen (secondary N) is 1. The van der Waals surface area contributed by atoms with Gasteiger partial charge in [0, 0.05) is 18.8 Å². The Morgan fingerprint density at radius 2 is 1.85 bits per heavy atom. The lowest BCUT2D eigenvalue weighted by molar-refractivity contribution is 0.0949. The van der Waals surface area contributed by atoms with E-state index in [1.807, 2.05) is 51.1 Å². The van der Waals surface area contributed by atoms with Crippen LogP contribution in [0.4, 0.5) is 8.78 Å². The van der Waals surface area contributed by atoms with Crippen LogP contribution in [0.5, 0.6) is 0 Å². The molecule has 0 radical (unpaired) electrons. The van der Waals surface area contributed by atoms with Crippen LogP contribution in [-0.2, 0) is 17.9 Å². The van der Waals surface area contributed by atoms with Crippen LogP contribution in [0.2, 0.25) is 0 Å². The number of halogens is 2. The van der Waals surface area contributed by atoms with Gasteiger partial charge in [0.05, 0.1) is 17.5 Å². The minimum absolute atomic E-state index is 0.0523. The van der Waals surface area contributed by atoms with Crippen LogP contribution in [0, 0.1) is 11.6 Å². The minimum atomic E-state index is -0.941. The van der Waals surface area contributed by atoms with Gasteiger partial charge >= 0.3 is 0 Å². The smallest absolute Gasteiger partial charge is 0.253 e. The molecular formula is C26H29F2N3O2. The van der Waals surface area contributed by atoms with E-state index in [0.29, 0.717) is 24.3 Å². The first-order valence-corrected chi connectivity index (χ1v) is 11.1. The molecular weight excluding hydrogens is 424 g/mol. The molecule has 5 nitrogen and oxygen atoms in total. The van der Waals surface area contributed by atoms with Crippen molar-refractivity contribution >= 4 is 12.1 Å². The van der Waals surface area contributed by atoms with E-state index >= 15 is 0 Å².